The molecule has 0 saturated heterocycles. The van der Waals surface area contributed by atoms with Crippen LogP contribution in [0, 0.1) is 0 Å². The summed E-state index contributed by atoms with van der Waals surface area (Å²) in [5.41, 5.74) is 2.39. The van der Waals surface area contributed by atoms with E-state index in [1.807, 2.05) is 43.6 Å². The Morgan fingerprint density at radius 2 is 2.05 bits per heavy atom. The van der Waals surface area contributed by atoms with Gasteiger partial charge in [-0.2, -0.15) is 0 Å². The van der Waals surface area contributed by atoms with Gasteiger partial charge in [0, 0.05) is 24.8 Å². The first-order valence-electron chi connectivity index (χ1n) is 6.27. The quantitative estimate of drug-likeness (QED) is 0.777. The van der Waals surface area contributed by atoms with Gasteiger partial charge in [0.25, 0.3) is 0 Å². The third-order valence-electron chi connectivity index (χ3n) is 3.46. The maximum Gasteiger partial charge on any atom is 0.0946 e. The minimum absolute atomic E-state index is 0.124. The highest BCUT2D eigenvalue weighted by atomic mass is 15.1. The molecule has 19 heavy (non-hydrogen) atoms. The first kappa shape index (κ1) is 11.9. The highest BCUT2D eigenvalue weighted by molar-refractivity contribution is 5.85. The highest BCUT2D eigenvalue weighted by Crippen LogP contribution is 2.27. The van der Waals surface area contributed by atoms with Crippen molar-refractivity contribution in [1.82, 2.24) is 19.9 Å². The van der Waals surface area contributed by atoms with Crippen molar-refractivity contribution >= 4 is 10.8 Å². The summed E-state index contributed by atoms with van der Waals surface area (Å²) in [6.45, 7) is 0. The van der Waals surface area contributed by atoms with Gasteiger partial charge in [-0.15, -0.1) is 0 Å². The number of nitrogens with one attached hydrogen (secondary N) is 1. The molecule has 2 aromatic heterocycles. The molecule has 2 heterocycles. The Balaban J connectivity index is 2.20. The second-order valence-electron chi connectivity index (χ2n) is 4.60. The van der Waals surface area contributed by atoms with Gasteiger partial charge in [-0.05, 0) is 24.1 Å². The zero-order valence-electron chi connectivity index (χ0n) is 11.0. The molecule has 1 aromatic carbocycles. The van der Waals surface area contributed by atoms with E-state index in [0.29, 0.717) is 0 Å². The number of imidazole rings is 1. The second kappa shape index (κ2) is 4.82. The lowest BCUT2D eigenvalue weighted by molar-refractivity contribution is 0.642. The van der Waals surface area contributed by atoms with Crippen LogP contribution in [0.1, 0.15) is 17.3 Å². The van der Waals surface area contributed by atoms with E-state index in [0.717, 1.165) is 11.1 Å². The van der Waals surface area contributed by atoms with Crippen LogP contribution in [0.2, 0.25) is 0 Å². The number of aromatic nitrogens is 3. The van der Waals surface area contributed by atoms with Crippen LogP contribution < -0.4 is 5.32 Å². The molecule has 3 rings (SSSR count). The summed E-state index contributed by atoms with van der Waals surface area (Å²) >= 11 is 0. The van der Waals surface area contributed by atoms with Gasteiger partial charge < -0.3 is 9.88 Å². The largest absolute Gasteiger partial charge is 0.336 e. The molecular formula is C15H16N4. The standard InChI is InChI=1S/C15H16N4/c1-16-15(14-9-18-10-19(14)2)13-5-3-4-11-8-17-7-6-12(11)13/h3-10,15-16H,1-2H3. The number of rotatable bonds is 3. The smallest absolute Gasteiger partial charge is 0.0946 e. The van der Waals surface area contributed by atoms with Crippen LogP contribution in [-0.4, -0.2) is 21.6 Å². The number of pyridine rings is 1. The Kier molecular flexibility index (Phi) is 3.01. The van der Waals surface area contributed by atoms with Crippen LogP contribution in [0.5, 0.6) is 0 Å². The molecule has 1 atom stereocenters. The van der Waals surface area contributed by atoms with Crippen LogP contribution in [0.25, 0.3) is 10.8 Å². The summed E-state index contributed by atoms with van der Waals surface area (Å²) in [6, 6.07) is 8.49. The van der Waals surface area contributed by atoms with E-state index in [1.54, 1.807) is 0 Å². The van der Waals surface area contributed by atoms with E-state index in [2.05, 4.69) is 39.6 Å². The lowest BCUT2D eigenvalue weighted by atomic mass is 9.98. The van der Waals surface area contributed by atoms with Gasteiger partial charge in [0.05, 0.1) is 24.3 Å². The molecular weight excluding hydrogens is 236 g/mol. The summed E-state index contributed by atoms with van der Waals surface area (Å²) in [5, 5.41) is 5.75. The maximum absolute atomic E-state index is 4.21. The van der Waals surface area contributed by atoms with E-state index in [4.69, 9.17) is 0 Å². The Labute approximate surface area is 112 Å². The molecule has 1 unspecified atom stereocenters. The van der Waals surface area contributed by atoms with E-state index in [9.17, 15) is 0 Å². The van der Waals surface area contributed by atoms with Crippen molar-refractivity contribution in [3.63, 3.8) is 0 Å². The number of fused-ring (bicyclic) bond motifs is 1. The van der Waals surface area contributed by atoms with E-state index >= 15 is 0 Å². The van der Waals surface area contributed by atoms with Crippen molar-refractivity contribution in [2.24, 2.45) is 7.05 Å². The predicted octanol–water partition coefficient (Wildman–Crippen LogP) is 2.28. The van der Waals surface area contributed by atoms with Gasteiger partial charge in [0.1, 0.15) is 0 Å². The van der Waals surface area contributed by atoms with Crippen LogP contribution in [-0.2, 0) is 7.05 Å². The van der Waals surface area contributed by atoms with Gasteiger partial charge in [-0.1, -0.05) is 18.2 Å². The van der Waals surface area contributed by atoms with Gasteiger partial charge in [-0.3, -0.25) is 4.98 Å². The average molecular weight is 252 g/mol. The summed E-state index contributed by atoms with van der Waals surface area (Å²) in [6.07, 6.45) is 7.46. The van der Waals surface area contributed by atoms with Crippen molar-refractivity contribution in [3.8, 4) is 0 Å². The fourth-order valence-corrected chi connectivity index (χ4v) is 2.51. The zero-order chi connectivity index (χ0) is 13.2. The second-order valence-corrected chi connectivity index (χ2v) is 4.60. The van der Waals surface area contributed by atoms with Gasteiger partial charge in [-0.25, -0.2) is 4.98 Å². The average Bonchev–Trinajstić information content (AvgIpc) is 2.86. The van der Waals surface area contributed by atoms with E-state index < -0.39 is 0 Å². The molecule has 1 N–H and O–H groups in total. The SMILES string of the molecule is CNC(c1cccc2cnccc12)c1cncn1C. The number of benzene rings is 1. The van der Waals surface area contributed by atoms with Crippen molar-refractivity contribution in [2.75, 3.05) is 7.05 Å². The molecule has 0 fully saturated rings. The molecule has 4 heteroatoms. The lowest BCUT2D eigenvalue weighted by Gasteiger charge is -2.19. The van der Waals surface area contributed by atoms with Gasteiger partial charge in [0.2, 0.25) is 0 Å². The minimum Gasteiger partial charge on any atom is -0.336 e. The molecule has 0 aliphatic carbocycles. The van der Waals surface area contributed by atoms with Gasteiger partial charge >= 0.3 is 0 Å². The Morgan fingerprint density at radius 3 is 2.79 bits per heavy atom. The Bertz CT molecular complexity index is 697. The molecule has 0 saturated carbocycles. The van der Waals surface area contributed by atoms with Crippen molar-refractivity contribution in [1.29, 1.82) is 0 Å². The Hall–Kier alpha value is -2.20. The van der Waals surface area contributed by atoms with E-state index in [-0.39, 0.29) is 6.04 Å². The van der Waals surface area contributed by atoms with Crippen LogP contribution >= 0.6 is 0 Å². The van der Waals surface area contributed by atoms with E-state index in [1.165, 1.54) is 10.9 Å². The predicted molar refractivity (Wildman–Crippen MR) is 75.9 cm³/mol. The number of hydrogen-bond acceptors (Lipinski definition) is 3. The third kappa shape index (κ3) is 2.00. The van der Waals surface area contributed by atoms with Crippen molar-refractivity contribution < 1.29 is 0 Å². The maximum atomic E-state index is 4.21. The topological polar surface area (TPSA) is 42.7 Å². The molecule has 0 aliphatic rings. The molecule has 0 amide bonds. The first-order valence-corrected chi connectivity index (χ1v) is 6.27. The molecule has 4 nitrogen and oxygen atoms in total. The molecule has 0 spiro atoms. The van der Waals surface area contributed by atoms with Crippen molar-refractivity contribution in [3.05, 3.63) is 60.4 Å². The fraction of sp³-hybridized carbons (Fsp3) is 0.200. The first-order chi connectivity index (χ1) is 9.31. The zero-order valence-corrected chi connectivity index (χ0v) is 11.0. The minimum atomic E-state index is 0.124. The molecule has 0 radical (unpaired) electrons. The van der Waals surface area contributed by atoms with Crippen LogP contribution in [0.4, 0.5) is 0 Å². The fourth-order valence-electron chi connectivity index (χ4n) is 2.51. The normalized spacial score (nSPS) is 12.7. The number of aryl methyl sites for hydroxylation is 1. The number of hydrogen-bond donors (Lipinski definition) is 1. The number of nitrogens with zero attached hydrogens (tertiary/aromatic N) is 3. The van der Waals surface area contributed by atoms with Crippen LogP contribution in [0.15, 0.2) is 49.2 Å². The van der Waals surface area contributed by atoms with Crippen molar-refractivity contribution in [2.45, 2.75) is 6.04 Å². The van der Waals surface area contributed by atoms with Crippen LogP contribution in [0.3, 0.4) is 0 Å². The summed E-state index contributed by atoms with van der Waals surface area (Å²) in [5.74, 6) is 0. The monoisotopic (exact) mass is 252 g/mol. The summed E-state index contributed by atoms with van der Waals surface area (Å²) < 4.78 is 2.04. The van der Waals surface area contributed by atoms with Gasteiger partial charge in [0.15, 0.2) is 0 Å². The highest BCUT2D eigenvalue weighted by Gasteiger charge is 2.17. The molecule has 3 aromatic rings. The lowest BCUT2D eigenvalue weighted by Crippen LogP contribution is -2.20. The third-order valence-corrected chi connectivity index (χ3v) is 3.46. The Morgan fingerprint density at radius 1 is 1.16 bits per heavy atom. The molecule has 0 aliphatic heterocycles. The molecule has 0 bridgehead atoms. The summed E-state index contributed by atoms with van der Waals surface area (Å²) in [7, 11) is 3.98. The molecule has 96 valence electrons. The summed E-state index contributed by atoms with van der Waals surface area (Å²) in [4.78, 5) is 8.39.